The molecule has 6 heteroatoms. The normalized spacial score (nSPS) is 19.8. The number of piperazine rings is 1. The summed E-state index contributed by atoms with van der Waals surface area (Å²) in [6.45, 7) is 1.31. The van der Waals surface area contributed by atoms with E-state index in [2.05, 4.69) is 4.98 Å². The summed E-state index contributed by atoms with van der Waals surface area (Å²) in [7, 11) is 1.51. The van der Waals surface area contributed by atoms with Gasteiger partial charge in [-0.15, -0.1) is 0 Å². The molecular formula is C17H23N3O3. The molecule has 0 bridgehead atoms. The summed E-state index contributed by atoms with van der Waals surface area (Å²) < 4.78 is 5.20. The molecule has 2 heterocycles. The standard InChI is InChI=1S/C17H23N3O3/c1-23-14-8-5-9-18-16(14)17(22)19-10-11-20(15(21)12-19)13-6-3-2-4-7-13/h5,8-9,13H,2-4,6-7,10-12H2,1H3. The molecule has 0 unspecified atom stereocenters. The summed E-state index contributed by atoms with van der Waals surface area (Å²) in [5.41, 5.74) is 0.272. The van der Waals surface area contributed by atoms with E-state index in [1.54, 1.807) is 23.2 Å². The van der Waals surface area contributed by atoms with Crippen LogP contribution in [-0.2, 0) is 4.79 Å². The Morgan fingerprint density at radius 2 is 2.04 bits per heavy atom. The van der Waals surface area contributed by atoms with Gasteiger partial charge in [0.05, 0.1) is 7.11 Å². The average molecular weight is 317 g/mol. The predicted octanol–water partition coefficient (Wildman–Crippen LogP) is 1.71. The molecule has 1 aromatic rings. The van der Waals surface area contributed by atoms with Gasteiger partial charge >= 0.3 is 0 Å². The average Bonchev–Trinajstić information content (AvgIpc) is 2.61. The Hall–Kier alpha value is -2.11. The number of hydrogen-bond acceptors (Lipinski definition) is 4. The van der Waals surface area contributed by atoms with Crippen molar-refractivity contribution in [3.63, 3.8) is 0 Å². The summed E-state index contributed by atoms with van der Waals surface area (Å²) in [6.07, 6.45) is 7.41. The van der Waals surface area contributed by atoms with Crippen LogP contribution >= 0.6 is 0 Å². The second kappa shape index (κ2) is 6.98. The summed E-state index contributed by atoms with van der Waals surface area (Å²) >= 11 is 0. The lowest BCUT2D eigenvalue weighted by Gasteiger charge is -2.40. The Morgan fingerprint density at radius 3 is 2.74 bits per heavy atom. The molecule has 1 saturated heterocycles. The van der Waals surface area contributed by atoms with E-state index in [4.69, 9.17) is 4.74 Å². The number of amides is 2. The Balaban J connectivity index is 1.67. The molecule has 3 rings (SSSR count). The van der Waals surface area contributed by atoms with Crippen molar-refractivity contribution >= 4 is 11.8 Å². The van der Waals surface area contributed by atoms with E-state index in [1.165, 1.54) is 26.4 Å². The smallest absolute Gasteiger partial charge is 0.276 e. The van der Waals surface area contributed by atoms with E-state index >= 15 is 0 Å². The Morgan fingerprint density at radius 1 is 1.26 bits per heavy atom. The molecule has 0 N–H and O–H groups in total. The van der Waals surface area contributed by atoms with E-state index in [1.807, 2.05) is 4.90 Å². The van der Waals surface area contributed by atoms with Crippen molar-refractivity contribution in [1.29, 1.82) is 0 Å². The van der Waals surface area contributed by atoms with Crippen molar-refractivity contribution in [1.82, 2.24) is 14.8 Å². The predicted molar refractivity (Wildman–Crippen MR) is 85.3 cm³/mol. The molecule has 0 atom stereocenters. The highest BCUT2D eigenvalue weighted by Crippen LogP contribution is 2.25. The van der Waals surface area contributed by atoms with Gasteiger partial charge in [0.25, 0.3) is 5.91 Å². The number of pyridine rings is 1. The molecule has 23 heavy (non-hydrogen) atoms. The lowest BCUT2D eigenvalue weighted by molar-refractivity contribution is -0.138. The molecule has 1 aliphatic carbocycles. The van der Waals surface area contributed by atoms with Crippen LogP contribution in [0.15, 0.2) is 18.3 Å². The highest BCUT2D eigenvalue weighted by atomic mass is 16.5. The number of carbonyl (C=O) groups is 2. The zero-order valence-electron chi connectivity index (χ0n) is 13.5. The van der Waals surface area contributed by atoms with E-state index < -0.39 is 0 Å². The molecule has 124 valence electrons. The van der Waals surface area contributed by atoms with E-state index in [-0.39, 0.29) is 24.1 Å². The van der Waals surface area contributed by atoms with Crippen LogP contribution in [0.25, 0.3) is 0 Å². The third-order valence-electron chi connectivity index (χ3n) is 4.75. The second-order valence-electron chi connectivity index (χ2n) is 6.16. The molecule has 0 radical (unpaired) electrons. The largest absolute Gasteiger partial charge is 0.494 e. The van der Waals surface area contributed by atoms with Crippen LogP contribution in [0.3, 0.4) is 0 Å². The maximum atomic E-state index is 12.6. The fourth-order valence-corrected chi connectivity index (χ4v) is 3.50. The van der Waals surface area contributed by atoms with Crippen LogP contribution in [0, 0.1) is 0 Å². The Labute approximate surface area is 136 Å². The number of aromatic nitrogens is 1. The van der Waals surface area contributed by atoms with Crippen LogP contribution < -0.4 is 4.74 Å². The third kappa shape index (κ3) is 3.30. The fraction of sp³-hybridized carbons (Fsp3) is 0.588. The number of rotatable bonds is 3. The van der Waals surface area contributed by atoms with Gasteiger partial charge < -0.3 is 14.5 Å². The lowest BCUT2D eigenvalue weighted by Crippen LogP contribution is -2.55. The minimum Gasteiger partial charge on any atom is -0.494 e. The van der Waals surface area contributed by atoms with Gasteiger partial charge in [0, 0.05) is 25.3 Å². The quantitative estimate of drug-likeness (QED) is 0.851. The number of methoxy groups -OCH3 is 1. The minimum absolute atomic E-state index is 0.0476. The van der Waals surface area contributed by atoms with Gasteiger partial charge in [-0.1, -0.05) is 19.3 Å². The topological polar surface area (TPSA) is 62.7 Å². The summed E-state index contributed by atoms with van der Waals surface area (Å²) in [6, 6.07) is 3.79. The van der Waals surface area contributed by atoms with Gasteiger partial charge in [0.1, 0.15) is 12.3 Å². The number of hydrogen-bond donors (Lipinski definition) is 0. The van der Waals surface area contributed by atoms with E-state index in [0.29, 0.717) is 24.9 Å². The van der Waals surface area contributed by atoms with Crippen molar-refractivity contribution in [2.45, 2.75) is 38.1 Å². The zero-order valence-corrected chi connectivity index (χ0v) is 13.5. The molecule has 2 amide bonds. The van der Waals surface area contributed by atoms with Crippen molar-refractivity contribution in [3.05, 3.63) is 24.0 Å². The first-order valence-corrected chi connectivity index (χ1v) is 8.28. The van der Waals surface area contributed by atoms with Gasteiger partial charge in [0.2, 0.25) is 5.91 Å². The van der Waals surface area contributed by atoms with Gasteiger partial charge in [-0.25, -0.2) is 4.98 Å². The zero-order chi connectivity index (χ0) is 16.2. The highest BCUT2D eigenvalue weighted by molar-refractivity contribution is 5.97. The molecule has 2 fully saturated rings. The first-order chi connectivity index (χ1) is 11.2. The number of carbonyl (C=O) groups excluding carboxylic acids is 2. The van der Waals surface area contributed by atoms with Crippen LogP contribution in [0.1, 0.15) is 42.6 Å². The van der Waals surface area contributed by atoms with Crippen LogP contribution in [0.2, 0.25) is 0 Å². The van der Waals surface area contributed by atoms with Gasteiger partial charge in [-0.2, -0.15) is 0 Å². The second-order valence-corrected chi connectivity index (χ2v) is 6.16. The van der Waals surface area contributed by atoms with Crippen molar-refractivity contribution in [2.24, 2.45) is 0 Å². The molecule has 1 saturated carbocycles. The van der Waals surface area contributed by atoms with Crippen LogP contribution in [-0.4, -0.2) is 59.4 Å². The molecular weight excluding hydrogens is 294 g/mol. The minimum atomic E-state index is -0.237. The summed E-state index contributed by atoms with van der Waals surface area (Å²) in [5, 5.41) is 0. The lowest BCUT2D eigenvalue weighted by atomic mass is 9.93. The number of nitrogens with zero attached hydrogens (tertiary/aromatic N) is 3. The first-order valence-electron chi connectivity index (χ1n) is 8.28. The van der Waals surface area contributed by atoms with Crippen molar-refractivity contribution < 1.29 is 14.3 Å². The maximum absolute atomic E-state index is 12.6. The van der Waals surface area contributed by atoms with E-state index in [0.717, 1.165) is 12.8 Å². The molecule has 1 aromatic heterocycles. The SMILES string of the molecule is COc1cccnc1C(=O)N1CCN(C2CCCCC2)C(=O)C1. The summed E-state index contributed by atoms with van der Waals surface area (Å²) in [5.74, 6) is 0.255. The van der Waals surface area contributed by atoms with Crippen LogP contribution in [0.4, 0.5) is 0 Å². The van der Waals surface area contributed by atoms with Gasteiger partial charge in [-0.05, 0) is 25.0 Å². The third-order valence-corrected chi connectivity index (χ3v) is 4.75. The van der Waals surface area contributed by atoms with Crippen molar-refractivity contribution in [3.8, 4) is 5.75 Å². The van der Waals surface area contributed by atoms with Gasteiger partial charge in [0.15, 0.2) is 5.69 Å². The fourth-order valence-electron chi connectivity index (χ4n) is 3.50. The monoisotopic (exact) mass is 317 g/mol. The maximum Gasteiger partial charge on any atom is 0.276 e. The molecule has 1 aliphatic heterocycles. The molecule has 0 aromatic carbocycles. The first kappa shape index (κ1) is 15.8. The Bertz CT molecular complexity index is 584. The van der Waals surface area contributed by atoms with Crippen LogP contribution in [0.5, 0.6) is 5.75 Å². The van der Waals surface area contributed by atoms with E-state index in [9.17, 15) is 9.59 Å². The highest BCUT2D eigenvalue weighted by Gasteiger charge is 2.33. The Kier molecular flexibility index (Phi) is 4.79. The number of ether oxygens (including phenoxy) is 1. The molecule has 0 spiro atoms. The summed E-state index contributed by atoms with van der Waals surface area (Å²) in [4.78, 5) is 32.8. The molecule has 2 aliphatic rings. The van der Waals surface area contributed by atoms with Gasteiger partial charge in [-0.3, -0.25) is 9.59 Å². The molecule has 6 nitrogen and oxygen atoms in total. The van der Waals surface area contributed by atoms with Crippen molar-refractivity contribution in [2.75, 3.05) is 26.7 Å².